The van der Waals surface area contributed by atoms with Gasteiger partial charge in [0.2, 0.25) is 5.75 Å². The molecule has 0 unspecified atom stereocenters. The lowest BCUT2D eigenvalue weighted by atomic mass is 10.2. The molecular weight excluding hydrogens is 330 g/mol. The maximum atomic E-state index is 10.8. The van der Waals surface area contributed by atoms with Crippen LogP contribution in [0.4, 0.5) is 5.69 Å². The lowest BCUT2D eigenvalue weighted by Crippen LogP contribution is -2.04. The summed E-state index contributed by atoms with van der Waals surface area (Å²) in [6, 6.07) is 2.70. The number of nitrogens with zero attached hydrogens (tertiary/aromatic N) is 1. The highest BCUT2D eigenvalue weighted by molar-refractivity contribution is 9.10. The van der Waals surface area contributed by atoms with Gasteiger partial charge in [0.15, 0.2) is 0 Å². The van der Waals surface area contributed by atoms with Gasteiger partial charge in [-0.05, 0) is 27.6 Å². The summed E-state index contributed by atoms with van der Waals surface area (Å²) in [6.45, 7) is -0.276. The second-order valence-electron chi connectivity index (χ2n) is 3.35. The molecule has 0 aliphatic carbocycles. The lowest BCUT2D eigenvalue weighted by molar-refractivity contribution is -0.385. The highest BCUT2D eigenvalue weighted by atomic mass is 79.9. The predicted molar refractivity (Wildman–Crippen MR) is 67.0 cm³/mol. The van der Waals surface area contributed by atoms with Crippen LogP contribution in [0.5, 0.6) is 5.75 Å². The van der Waals surface area contributed by atoms with Crippen LogP contribution in [0.3, 0.4) is 0 Å². The van der Waals surface area contributed by atoms with Gasteiger partial charge in [-0.2, -0.15) is 8.42 Å². The molecule has 0 saturated carbocycles. The number of ether oxygens (including phenoxy) is 1. The van der Waals surface area contributed by atoms with Crippen molar-refractivity contribution in [1.82, 2.24) is 0 Å². The second kappa shape index (κ2) is 5.63. The zero-order valence-electron chi connectivity index (χ0n) is 9.54. The average molecular weight is 340 g/mol. The average Bonchev–Trinajstić information content (AvgIpc) is 2.24. The monoisotopic (exact) mass is 339 g/mol. The van der Waals surface area contributed by atoms with E-state index in [1.165, 1.54) is 19.2 Å². The van der Waals surface area contributed by atoms with Crippen molar-refractivity contribution in [3.05, 3.63) is 32.3 Å². The Labute approximate surface area is 112 Å². The Bertz CT molecular complexity index is 571. The highest BCUT2D eigenvalue weighted by Crippen LogP contribution is 2.36. The third-order valence-corrected chi connectivity index (χ3v) is 3.06. The van der Waals surface area contributed by atoms with E-state index < -0.39 is 15.0 Å². The van der Waals surface area contributed by atoms with Gasteiger partial charge in [0.05, 0.1) is 29.4 Å². The maximum Gasteiger partial charge on any atom is 0.312 e. The first-order valence-electron chi connectivity index (χ1n) is 4.60. The molecule has 0 radical (unpaired) electrons. The molecule has 9 heteroatoms. The summed E-state index contributed by atoms with van der Waals surface area (Å²) in [5.74, 6) is 0.0723. The Morgan fingerprint density at radius 2 is 2.06 bits per heavy atom. The standard InChI is InChI=1S/C9H10BrNO6S/c1-16-9-7(10)3-6(4-8(9)11(12)13)5-17-18(2,14)15/h3-4H,5H2,1-2H3. The number of nitro groups is 1. The molecule has 0 N–H and O–H groups in total. The minimum Gasteiger partial charge on any atom is -0.489 e. The van der Waals surface area contributed by atoms with E-state index in [0.717, 1.165) is 6.26 Å². The molecule has 0 aliphatic rings. The quantitative estimate of drug-likeness (QED) is 0.461. The van der Waals surface area contributed by atoms with Crippen LogP contribution >= 0.6 is 15.9 Å². The van der Waals surface area contributed by atoms with Gasteiger partial charge < -0.3 is 4.74 Å². The minimum atomic E-state index is -3.60. The van der Waals surface area contributed by atoms with E-state index in [2.05, 4.69) is 20.1 Å². The third kappa shape index (κ3) is 3.93. The van der Waals surface area contributed by atoms with E-state index >= 15 is 0 Å². The van der Waals surface area contributed by atoms with Crippen molar-refractivity contribution in [2.75, 3.05) is 13.4 Å². The van der Waals surface area contributed by atoms with E-state index in [4.69, 9.17) is 4.74 Å². The Hall–Kier alpha value is -1.19. The summed E-state index contributed by atoms with van der Waals surface area (Å²) in [5, 5.41) is 10.8. The van der Waals surface area contributed by atoms with E-state index in [1.54, 1.807) is 0 Å². The number of rotatable bonds is 5. The van der Waals surface area contributed by atoms with Gasteiger partial charge in [-0.1, -0.05) is 0 Å². The Kier molecular flexibility index (Phi) is 4.65. The Morgan fingerprint density at radius 1 is 1.44 bits per heavy atom. The van der Waals surface area contributed by atoms with Crippen molar-refractivity contribution in [1.29, 1.82) is 0 Å². The fourth-order valence-electron chi connectivity index (χ4n) is 1.23. The number of benzene rings is 1. The van der Waals surface area contributed by atoms with Crippen LogP contribution in [-0.4, -0.2) is 26.7 Å². The first-order chi connectivity index (χ1) is 8.24. The van der Waals surface area contributed by atoms with Crippen molar-refractivity contribution in [3.63, 3.8) is 0 Å². The lowest BCUT2D eigenvalue weighted by Gasteiger charge is -2.07. The van der Waals surface area contributed by atoms with Crippen LogP contribution in [0, 0.1) is 10.1 Å². The molecule has 0 fully saturated rings. The largest absolute Gasteiger partial charge is 0.489 e. The first-order valence-corrected chi connectivity index (χ1v) is 7.20. The molecule has 0 amide bonds. The molecule has 1 aromatic rings. The van der Waals surface area contributed by atoms with Crippen LogP contribution in [0.1, 0.15) is 5.56 Å². The summed E-state index contributed by atoms with van der Waals surface area (Å²) >= 11 is 3.11. The van der Waals surface area contributed by atoms with Gasteiger partial charge in [-0.25, -0.2) is 0 Å². The van der Waals surface area contributed by atoms with Crippen molar-refractivity contribution in [2.45, 2.75) is 6.61 Å². The van der Waals surface area contributed by atoms with Crippen LogP contribution in [0.15, 0.2) is 16.6 Å². The van der Waals surface area contributed by atoms with Gasteiger partial charge in [0, 0.05) is 6.07 Å². The van der Waals surface area contributed by atoms with Crippen LogP contribution in [0.2, 0.25) is 0 Å². The van der Waals surface area contributed by atoms with Gasteiger partial charge in [-0.3, -0.25) is 14.3 Å². The van der Waals surface area contributed by atoms with Gasteiger partial charge in [-0.15, -0.1) is 0 Å². The summed E-state index contributed by atoms with van der Waals surface area (Å²) < 4.78 is 31.5. The fourth-order valence-corrected chi connectivity index (χ4v) is 2.24. The van der Waals surface area contributed by atoms with Crippen LogP contribution in [-0.2, 0) is 20.9 Å². The molecule has 0 atom stereocenters. The van der Waals surface area contributed by atoms with E-state index in [1.807, 2.05) is 0 Å². The van der Waals surface area contributed by atoms with E-state index in [0.29, 0.717) is 10.0 Å². The number of hydrogen-bond donors (Lipinski definition) is 0. The summed E-state index contributed by atoms with van der Waals surface area (Å²) in [5.41, 5.74) is 0.0822. The SMILES string of the molecule is COc1c(Br)cc(COS(C)(=O)=O)cc1[N+](=O)[O-]. The molecule has 1 aromatic carbocycles. The smallest absolute Gasteiger partial charge is 0.312 e. The van der Waals surface area contributed by atoms with E-state index in [9.17, 15) is 18.5 Å². The zero-order valence-corrected chi connectivity index (χ0v) is 11.9. The highest BCUT2D eigenvalue weighted by Gasteiger charge is 2.20. The minimum absolute atomic E-state index is 0.0723. The number of halogens is 1. The van der Waals surface area contributed by atoms with Gasteiger partial charge >= 0.3 is 5.69 Å². The maximum absolute atomic E-state index is 10.8. The molecule has 18 heavy (non-hydrogen) atoms. The van der Waals surface area contributed by atoms with Crippen molar-refractivity contribution in [3.8, 4) is 5.75 Å². The molecule has 100 valence electrons. The normalized spacial score (nSPS) is 11.3. The number of nitro benzene ring substituents is 1. The zero-order chi connectivity index (χ0) is 13.9. The molecule has 0 saturated heterocycles. The predicted octanol–water partition coefficient (Wildman–Crippen LogP) is 1.84. The van der Waals surface area contributed by atoms with Crippen molar-refractivity contribution in [2.24, 2.45) is 0 Å². The summed E-state index contributed by atoms with van der Waals surface area (Å²) in [6.07, 6.45) is 0.903. The second-order valence-corrected chi connectivity index (χ2v) is 5.85. The van der Waals surface area contributed by atoms with E-state index in [-0.39, 0.29) is 18.0 Å². The van der Waals surface area contributed by atoms with Gasteiger partial charge in [0.25, 0.3) is 10.1 Å². The molecular formula is C9H10BrNO6S. The van der Waals surface area contributed by atoms with Crippen LogP contribution < -0.4 is 4.74 Å². The summed E-state index contributed by atoms with van der Waals surface area (Å²) in [7, 11) is -2.30. The molecule has 0 aromatic heterocycles. The fraction of sp³-hybridized carbons (Fsp3) is 0.333. The first kappa shape index (κ1) is 14.9. The van der Waals surface area contributed by atoms with Crippen molar-refractivity contribution >= 4 is 31.7 Å². The molecule has 7 nitrogen and oxygen atoms in total. The molecule has 0 aliphatic heterocycles. The molecule has 0 bridgehead atoms. The Balaban J connectivity index is 3.13. The Morgan fingerprint density at radius 3 is 2.50 bits per heavy atom. The molecule has 0 spiro atoms. The topological polar surface area (TPSA) is 95.7 Å². The summed E-state index contributed by atoms with van der Waals surface area (Å²) in [4.78, 5) is 10.2. The van der Waals surface area contributed by atoms with Gasteiger partial charge in [0.1, 0.15) is 0 Å². The number of methoxy groups -OCH3 is 1. The molecule has 0 heterocycles. The number of hydrogen-bond acceptors (Lipinski definition) is 6. The van der Waals surface area contributed by atoms with Crippen LogP contribution in [0.25, 0.3) is 0 Å². The molecule has 1 rings (SSSR count). The third-order valence-electron chi connectivity index (χ3n) is 1.92. The van der Waals surface area contributed by atoms with Crippen molar-refractivity contribution < 1.29 is 22.3 Å².